The minimum absolute atomic E-state index is 0.0805. The normalized spacial score (nSPS) is 15.9. The van der Waals surface area contributed by atoms with E-state index in [4.69, 9.17) is 9.84 Å². The first-order chi connectivity index (χ1) is 15.0. The van der Waals surface area contributed by atoms with Crippen LogP contribution in [0.4, 0.5) is 21.0 Å². The molecule has 2 aromatic rings. The Bertz CT molecular complexity index is 1030. The smallest absolute Gasteiger partial charge is 0.412 e. The van der Waals surface area contributed by atoms with Crippen molar-refractivity contribution in [2.75, 3.05) is 10.6 Å². The number of hydrogen-bond acceptors (Lipinski definition) is 4. The second-order valence-electron chi connectivity index (χ2n) is 8.92. The molecule has 0 radical (unpaired) electrons. The molecular weight excluding hydrogens is 410 g/mol. The summed E-state index contributed by atoms with van der Waals surface area (Å²) >= 11 is 0. The van der Waals surface area contributed by atoms with E-state index in [-0.39, 0.29) is 17.9 Å². The van der Waals surface area contributed by atoms with Crippen molar-refractivity contribution in [3.63, 3.8) is 0 Å². The van der Waals surface area contributed by atoms with Crippen molar-refractivity contribution in [3.8, 4) is 0 Å². The third kappa shape index (κ3) is 5.78. The highest BCUT2D eigenvalue weighted by Gasteiger charge is 2.29. The van der Waals surface area contributed by atoms with Crippen LogP contribution in [0.25, 0.3) is 0 Å². The second-order valence-corrected chi connectivity index (χ2v) is 8.92. The minimum Gasteiger partial charge on any atom is -0.465 e. The van der Waals surface area contributed by atoms with Gasteiger partial charge in [-0.3, -0.25) is 10.1 Å². The van der Waals surface area contributed by atoms with Crippen molar-refractivity contribution in [3.05, 3.63) is 59.2 Å². The largest absolute Gasteiger partial charge is 0.465 e. The molecule has 0 saturated carbocycles. The number of rotatable bonds is 5. The lowest BCUT2D eigenvalue weighted by Crippen LogP contribution is -2.35. The molecule has 1 aliphatic carbocycles. The highest BCUT2D eigenvalue weighted by molar-refractivity contribution is 6.07. The maximum absolute atomic E-state index is 12.9. The maximum Gasteiger partial charge on any atom is 0.412 e. The second kappa shape index (κ2) is 9.30. The van der Waals surface area contributed by atoms with Gasteiger partial charge in [0.05, 0.1) is 11.4 Å². The SMILES string of the molecule is CC(NC(=O)O)C1CCc2cc(C(=O)Nc3ccccc3NC(=O)OC(C)(C)C)ccc21. The summed E-state index contributed by atoms with van der Waals surface area (Å²) in [6, 6.07) is 12.2. The van der Waals surface area contributed by atoms with Crippen molar-refractivity contribution in [1.29, 1.82) is 0 Å². The van der Waals surface area contributed by atoms with Crippen LogP contribution in [0, 0.1) is 0 Å². The van der Waals surface area contributed by atoms with Gasteiger partial charge in [-0.1, -0.05) is 18.2 Å². The summed E-state index contributed by atoms with van der Waals surface area (Å²) in [6.45, 7) is 7.18. The number of carboxylic acid groups (broad SMARTS) is 1. The number of carbonyl (C=O) groups is 3. The predicted molar refractivity (Wildman–Crippen MR) is 122 cm³/mol. The van der Waals surface area contributed by atoms with Gasteiger partial charge >= 0.3 is 12.2 Å². The molecule has 0 spiro atoms. The van der Waals surface area contributed by atoms with Gasteiger partial charge in [-0.25, -0.2) is 9.59 Å². The molecular formula is C24H29N3O5. The lowest BCUT2D eigenvalue weighted by Gasteiger charge is -2.21. The number of ether oxygens (including phenoxy) is 1. The quantitative estimate of drug-likeness (QED) is 0.525. The Morgan fingerprint density at radius 3 is 2.34 bits per heavy atom. The Kier molecular flexibility index (Phi) is 6.72. The Morgan fingerprint density at radius 2 is 1.72 bits per heavy atom. The third-order valence-corrected chi connectivity index (χ3v) is 5.29. The zero-order valence-electron chi connectivity index (χ0n) is 18.7. The van der Waals surface area contributed by atoms with Gasteiger partial charge in [0.25, 0.3) is 5.91 Å². The van der Waals surface area contributed by atoms with Gasteiger partial charge in [-0.15, -0.1) is 0 Å². The molecule has 3 amide bonds. The average molecular weight is 440 g/mol. The fraction of sp³-hybridized carbons (Fsp3) is 0.375. The number of aryl methyl sites for hydroxylation is 1. The van der Waals surface area contributed by atoms with Crippen LogP contribution in [0.1, 0.15) is 61.5 Å². The van der Waals surface area contributed by atoms with E-state index in [1.807, 2.05) is 19.1 Å². The number of fused-ring (bicyclic) bond motifs is 1. The van der Waals surface area contributed by atoms with Gasteiger partial charge in [-0.2, -0.15) is 0 Å². The fourth-order valence-electron chi connectivity index (χ4n) is 3.92. The molecule has 2 aromatic carbocycles. The Morgan fingerprint density at radius 1 is 1.06 bits per heavy atom. The van der Waals surface area contributed by atoms with E-state index < -0.39 is 17.8 Å². The number of carbonyl (C=O) groups excluding carboxylic acids is 2. The third-order valence-electron chi connectivity index (χ3n) is 5.29. The van der Waals surface area contributed by atoms with Gasteiger partial charge in [0.15, 0.2) is 0 Å². The molecule has 0 fully saturated rings. The maximum atomic E-state index is 12.9. The van der Waals surface area contributed by atoms with Crippen molar-refractivity contribution >= 4 is 29.5 Å². The van der Waals surface area contributed by atoms with Crippen molar-refractivity contribution in [2.45, 2.75) is 58.1 Å². The summed E-state index contributed by atoms with van der Waals surface area (Å²) in [7, 11) is 0. The van der Waals surface area contributed by atoms with Crippen molar-refractivity contribution in [2.24, 2.45) is 0 Å². The first-order valence-corrected chi connectivity index (χ1v) is 10.6. The van der Waals surface area contributed by atoms with E-state index >= 15 is 0 Å². The highest BCUT2D eigenvalue weighted by Crippen LogP contribution is 2.36. The van der Waals surface area contributed by atoms with E-state index in [1.54, 1.807) is 51.1 Å². The standard InChI is InChI=1S/C24H29N3O5/c1-14(25-22(29)30)17-11-9-15-13-16(10-12-18(15)17)21(28)26-19-7-5-6-8-20(19)27-23(31)32-24(2,3)4/h5-8,10,12-14,17,25H,9,11H2,1-4H3,(H,26,28)(H,27,31)(H,29,30). The lowest BCUT2D eigenvalue weighted by atomic mass is 9.93. The van der Waals surface area contributed by atoms with Crippen LogP contribution in [0.2, 0.25) is 0 Å². The summed E-state index contributed by atoms with van der Waals surface area (Å²) in [6.07, 6.45) is -0.0407. The van der Waals surface area contributed by atoms with Crippen LogP contribution in [0.5, 0.6) is 0 Å². The first-order valence-electron chi connectivity index (χ1n) is 10.6. The molecule has 0 bridgehead atoms. The summed E-state index contributed by atoms with van der Waals surface area (Å²) < 4.78 is 5.29. The van der Waals surface area contributed by atoms with Gasteiger partial charge in [0.1, 0.15) is 5.60 Å². The van der Waals surface area contributed by atoms with Crippen LogP contribution in [-0.2, 0) is 11.2 Å². The molecule has 3 rings (SSSR count). The minimum atomic E-state index is -1.04. The Hall–Kier alpha value is -3.55. The number of nitrogens with one attached hydrogen (secondary N) is 3. The van der Waals surface area contributed by atoms with Gasteiger partial charge in [-0.05, 0) is 75.9 Å². The van der Waals surface area contributed by atoms with Crippen molar-refractivity contribution in [1.82, 2.24) is 5.32 Å². The zero-order valence-corrected chi connectivity index (χ0v) is 18.7. The topological polar surface area (TPSA) is 117 Å². The van der Waals surface area contributed by atoms with E-state index in [0.717, 1.165) is 24.0 Å². The molecule has 1 aliphatic rings. The summed E-state index contributed by atoms with van der Waals surface area (Å²) in [5.41, 5.74) is 2.86. The molecule has 0 aromatic heterocycles. The molecule has 2 atom stereocenters. The van der Waals surface area contributed by atoms with Crippen LogP contribution in [0.3, 0.4) is 0 Å². The molecule has 0 saturated heterocycles. The van der Waals surface area contributed by atoms with Crippen LogP contribution >= 0.6 is 0 Å². The molecule has 0 aliphatic heterocycles. The number of para-hydroxylation sites is 2. The van der Waals surface area contributed by atoms with E-state index in [2.05, 4.69) is 16.0 Å². The van der Waals surface area contributed by atoms with Gasteiger partial charge < -0.3 is 20.5 Å². The van der Waals surface area contributed by atoms with Crippen molar-refractivity contribution < 1.29 is 24.2 Å². The number of benzene rings is 2. The Labute approximate surface area is 187 Å². The van der Waals surface area contributed by atoms with E-state index in [1.165, 1.54) is 0 Å². The molecule has 4 N–H and O–H groups in total. The number of hydrogen-bond donors (Lipinski definition) is 4. The number of amides is 3. The van der Waals surface area contributed by atoms with Gasteiger partial charge in [0, 0.05) is 17.5 Å². The molecule has 2 unspecified atom stereocenters. The Balaban J connectivity index is 1.73. The van der Waals surface area contributed by atoms with Crippen LogP contribution in [-0.4, -0.2) is 34.8 Å². The summed E-state index contributed by atoms with van der Waals surface area (Å²) in [5.74, 6) is -0.219. The fourth-order valence-corrected chi connectivity index (χ4v) is 3.92. The molecule has 8 nitrogen and oxygen atoms in total. The van der Waals surface area contributed by atoms with E-state index in [9.17, 15) is 14.4 Å². The first kappa shape index (κ1) is 23.1. The molecule has 0 heterocycles. The average Bonchev–Trinajstić information content (AvgIpc) is 3.11. The van der Waals surface area contributed by atoms with Crippen LogP contribution in [0.15, 0.2) is 42.5 Å². The predicted octanol–water partition coefficient (Wildman–Crippen LogP) is 4.97. The summed E-state index contributed by atoms with van der Waals surface area (Å²) in [4.78, 5) is 36.0. The number of anilines is 2. The monoisotopic (exact) mass is 439 g/mol. The highest BCUT2D eigenvalue weighted by atomic mass is 16.6. The molecule has 32 heavy (non-hydrogen) atoms. The zero-order chi connectivity index (χ0) is 23.5. The molecule has 8 heteroatoms. The van der Waals surface area contributed by atoms with E-state index in [0.29, 0.717) is 16.9 Å². The molecule has 170 valence electrons. The van der Waals surface area contributed by atoms with Gasteiger partial charge in [0.2, 0.25) is 0 Å². The van der Waals surface area contributed by atoms with Crippen LogP contribution < -0.4 is 16.0 Å². The lowest BCUT2D eigenvalue weighted by molar-refractivity contribution is 0.0635. The summed E-state index contributed by atoms with van der Waals surface area (Å²) in [5, 5.41) is 17.0.